The number of ether oxygens (including phenoxy) is 1. The Hall–Kier alpha value is -3.79. The number of methoxy groups -OCH3 is 1. The van der Waals surface area contributed by atoms with E-state index in [4.69, 9.17) is 10.5 Å². The largest absolute Gasteiger partial charge is 0.480 e. The van der Waals surface area contributed by atoms with Crippen molar-refractivity contribution < 1.29 is 19.1 Å². The second kappa shape index (κ2) is 9.78. The number of anilines is 1. The molecule has 3 N–H and O–H groups in total. The van der Waals surface area contributed by atoms with E-state index in [2.05, 4.69) is 15.3 Å². The summed E-state index contributed by atoms with van der Waals surface area (Å²) >= 11 is 1.56. The first kappa shape index (κ1) is 22.4. The number of carbonyl (C=O) groups is 3. The van der Waals surface area contributed by atoms with Crippen LogP contribution in [0.3, 0.4) is 0 Å². The topological polar surface area (TPSA) is 128 Å². The Labute approximate surface area is 194 Å². The summed E-state index contributed by atoms with van der Waals surface area (Å²) in [5, 5.41) is 2.52. The van der Waals surface area contributed by atoms with E-state index in [-0.39, 0.29) is 23.2 Å². The Morgan fingerprint density at radius 2 is 1.97 bits per heavy atom. The SMILES string of the molecule is COc1ncc(NC(=O)C(=O)N2CCCC[C@H]2c2ccc(-c3cncs3)cc2)cc1C(N)=O. The van der Waals surface area contributed by atoms with Gasteiger partial charge in [-0.3, -0.25) is 19.4 Å². The molecule has 1 aromatic carbocycles. The van der Waals surface area contributed by atoms with Crippen LogP contribution in [0.1, 0.15) is 41.2 Å². The van der Waals surface area contributed by atoms with Gasteiger partial charge in [-0.05, 0) is 36.5 Å². The van der Waals surface area contributed by atoms with E-state index in [0.717, 1.165) is 35.3 Å². The predicted molar refractivity (Wildman–Crippen MR) is 124 cm³/mol. The Morgan fingerprint density at radius 1 is 1.18 bits per heavy atom. The fraction of sp³-hybridized carbons (Fsp3) is 0.261. The number of amides is 3. The van der Waals surface area contributed by atoms with Gasteiger partial charge in [-0.15, -0.1) is 11.3 Å². The summed E-state index contributed by atoms with van der Waals surface area (Å²) in [6, 6.07) is 9.16. The van der Waals surface area contributed by atoms with Crippen molar-refractivity contribution in [2.75, 3.05) is 19.0 Å². The van der Waals surface area contributed by atoms with Crippen LogP contribution in [0.5, 0.6) is 5.88 Å². The number of primary amides is 1. The first-order valence-corrected chi connectivity index (χ1v) is 11.3. The monoisotopic (exact) mass is 465 g/mol. The second-order valence-electron chi connectivity index (χ2n) is 7.60. The van der Waals surface area contributed by atoms with E-state index < -0.39 is 17.7 Å². The minimum Gasteiger partial charge on any atom is -0.480 e. The summed E-state index contributed by atoms with van der Waals surface area (Å²) in [5.41, 5.74) is 9.36. The molecular weight excluding hydrogens is 442 g/mol. The number of hydrogen-bond donors (Lipinski definition) is 2. The van der Waals surface area contributed by atoms with Gasteiger partial charge in [-0.2, -0.15) is 0 Å². The molecule has 2 aromatic heterocycles. The van der Waals surface area contributed by atoms with Gasteiger partial charge in [0.05, 0.1) is 35.4 Å². The molecule has 3 amide bonds. The zero-order valence-corrected chi connectivity index (χ0v) is 18.8. The van der Waals surface area contributed by atoms with Crippen molar-refractivity contribution in [1.82, 2.24) is 14.9 Å². The molecule has 0 unspecified atom stereocenters. The van der Waals surface area contributed by atoms with Crippen LogP contribution in [0, 0.1) is 0 Å². The summed E-state index contributed by atoms with van der Waals surface area (Å²) < 4.78 is 5.00. The Bertz CT molecular complexity index is 1160. The van der Waals surface area contributed by atoms with E-state index in [0.29, 0.717) is 6.54 Å². The van der Waals surface area contributed by atoms with Gasteiger partial charge in [-0.25, -0.2) is 4.98 Å². The summed E-state index contributed by atoms with van der Waals surface area (Å²) in [4.78, 5) is 48.2. The van der Waals surface area contributed by atoms with Gasteiger partial charge in [0.2, 0.25) is 5.88 Å². The standard InChI is InChI=1S/C23H23N5O4S/c1-32-22-17(20(24)29)10-16(11-26-22)27-21(30)23(31)28-9-3-2-4-18(28)14-5-7-15(8-6-14)19-12-25-13-33-19/h5-8,10-13,18H,2-4,9H2,1H3,(H2,24,29)(H,27,30)/t18-/m0/s1. The van der Waals surface area contributed by atoms with E-state index in [9.17, 15) is 14.4 Å². The summed E-state index contributed by atoms with van der Waals surface area (Å²) in [7, 11) is 1.36. The number of hydrogen-bond acceptors (Lipinski definition) is 7. The molecule has 1 fully saturated rings. The molecule has 0 aliphatic carbocycles. The van der Waals surface area contributed by atoms with Crippen LogP contribution in [0.15, 0.2) is 48.2 Å². The van der Waals surface area contributed by atoms with Crippen LogP contribution in [0.25, 0.3) is 10.4 Å². The van der Waals surface area contributed by atoms with Crippen molar-refractivity contribution in [3.05, 3.63) is 59.4 Å². The average molecular weight is 466 g/mol. The highest BCUT2D eigenvalue weighted by Crippen LogP contribution is 2.33. The summed E-state index contributed by atoms with van der Waals surface area (Å²) in [5.74, 6) is -2.14. The molecule has 170 valence electrons. The fourth-order valence-corrected chi connectivity index (χ4v) is 4.55. The molecule has 3 aromatic rings. The van der Waals surface area contributed by atoms with E-state index >= 15 is 0 Å². The third-order valence-electron chi connectivity index (χ3n) is 5.54. The van der Waals surface area contributed by atoms with Gasteiger partial charge >= 0.3 is 11.8 Å². The lowest BCUT2D eigenvalue weighted by atomic mass is 9.94. The molecule has 0 spiro atoms. The lowest BCUT2D eigenvalue weighted by Crippen LogP contribution is -2.44. The van der Waals surface area contributed by atoms with Gasteiger partial charge in [0.25, 0.3) is 5.91 Å². The lowest BCUT2D eigenvalue weighted by molar-refractivity contribution is -0.145. The number of benzene rings is 1. The molecule has 33 heavy (non-hydrogen) atoms. The minimum atomic E-state index is -0.800. The van der Waals surface area contributed by atoms with E-state index in [1.54, 1.807) is 21.7 Å². The van der Waals surface area contributed by atoms with Crippen LogP contribution in [0.2, 0.25) is 0 Å². The number of piperidine rings is 1. The number of pyridine rings is 1. The molecular formula is C23H23N5O4S. The third kappa shape index (κ3) is 4.85. The number of nitrogens with one attached hydrogen (secondary N) is 1. The number of carbonyl (C=O) groups excluding carboxylic acids is 3. The number of nitrogens with two attached hydrogens (primary N) is 1. The maximum absolute atomic E-state index is 13.1. The third-order valence-corrected chi connectivity index (χ3v) is 6.36. The molecule has 0 saturated carbocycles. The van der Waals surface area contributed by atoms with E-state index in [1.165, 1.54) is 19.4 Å². The normalized spacial score (nSPS) is 15.7. The van der Waals surface area contributed by atoms with Crippen molar-refractivity contribution >= 4 is 34.7 Å². The number of aromatic nitrogens is 2. The van der Waals surface area contributed by atoms with Crippen LogP contribution < -0.4 is 15.8 Å². The second-order valence-corrected chi connectivity index (χ2v) is 8.48. The highest BCUT2D eigenvalue weighted by Gasteiger charge is 2.32. The van der Waals surface area contributed by atoms with Gasteiger partial charge in [0, 0.05) is 12.7 Å². The zero-order valence-electron chi connectivity index (χ0n) is 18.0. The van der Waals surface area contributed by atoms with Gasteiger partial charge < -0.3 is 20.7 Å². The van der Waals surface area contributed by atoms with Crippen LogP contribution in [0.4, 0.5) is 5.69 Å². The van der Waals surface area contributed by atoms with Crippen molar-refractivity contribution in [2.24, 2.45) is 5.73 Å². The maximum Gasteiger partial charge on any atom is 0.313 e. The zero-order chi connectivity index (χ0) is 23.4. The molecule has 4 rings (SSSR count). The molecule has 1 saturated heterocycles. The average Bonchev–Trinajstić information content (AvgIpc) is 3.38. The van der Waals surface area contributed by atoms with Crippen LogP contribution in [-0.2, 0) is 9.59 Å². The first-order valence-electron chi connectivity index (χ1n) is 10.4. The van der Waals surface area contributed by atoms with Gasteiger partial charge in [0.1, 0.15) is 5.56 Å². The highest BCUT2D eigenvalue weighted by molar-refractivity contribution is 7.13. The Balaban J connectivity index is 1.50. The van der Waals surface area contributed by atoms with Crippen molar-refractivity contribution in [2.45, 2.75) is 25.3 Å². The maximum atomic E-state index is 13.1. The number of likely N-dealkylation sites (tertiary alicyclic amines) is 1. The van der Waals surface area contributed by atoms with Crippen molar-refractivity contribution in [1.29, 1.82) is 0 Å². The number of nitrogens with zero attached hydrogens (tertiary/aromatic N) is 3. The molecule has 1 atom stereocenters. The smallest absolute Gasteiger partial charge is 0.313 e. The van der Waals surface area contributed by atoms with Gasteiger partial charge in [0.15, 0.2) is 0 Å². The molecule has 10 heteroatoms. The number of thiazole rings is 1. The summed E-state index contributed by atoms with van der Waals surface area (Å²) in [6.07, 6.45) is 5.69. The van der Waals surface area contributed by atoms with E-state index in [1.807, 2.05) is 30.5 Å². The van der Waals surface area contributed by atoms with Crippen molar-refractivity contribution in [3.63, 3.8) is 0 Å². The predicted octanol–water partition coefficient (Wildman–Crippen LogP) is 3.00. The van der Waals surface area contributed by atoms with Crippen molar-refractivity contribution in [3.8, 4) is 16.3 Å². The number of rotatable bonds is 5. The minimum absolute atomic E-state index is 0.0135. The summed E-state index contributed by atoms with van der Waals surface area (Å²) in [6.45, 7) is 0.487. The lowest BCUT2D eigenvalue weighted by Gasteiger charge is -2.35. The molecule has 3 heterocycles. The highest BCUT2D eigenvalue weighted by atomic mass is 32.1. The van der Waals surface area contributed by atoms with Gasteiger partial charge in [-0.1, -0.05) is 24.3 Å². The molecule has 9 nitrogen and oxygen atoms in total. The quantitative estimate of drug-likeness (QED) is 0.558. The Morgan fingerprint density at radius 3 is 2.64 bits per heavy atom. The fourth-order valence-electron chi connectivity index (χ4n) is 3.92. The molecule has 0 radical (unpaired) electrons. The van der Waals surface area contributed by atoms with Crippen LogP contribution >= 0.6 is 11.3 Å². The molecule has 0 bridgehead atoms. The first-order chi connectivity index (χ1) is 16.0. The Kier molecular flexibility index (Phi) is 6.64. The molecule has 1 aliphatic rings. The molecule has 1 aliphatic heterocycles. The van der Waals surface area contributed by atoms with Crippen LogP contribution in [-0.4, -0.2) is 46.2 Å².